The number of hydrogen-bond donors (Lipinski definition) is 2. The van der Waals surface area contributed by atoms with Gasteiger partial charge in [0.2, 0.25) is 0 Å². The van der Waals surface area contributed by atoms with E-state index in [4.69, 9.17) is 0 Å². The van der Waals surface area contributed by atoms with Crippen LogP contribution in [-0.4, -0.2) is 18.4 Å². The summed E-state index contributed by atoms with van der Waals surface area (Å²) in [6.45, 7) is 6.69. The molecule has 0 saturated carbocycles. The summed E-state index contributed by atoms with van der Waals surface area (Å²) >= 11 is 0. The molecule has 0 fully saturated rings. The molecule has 0 spiro atoms. The minimum absolute atomic E-state index is 0.116. The molecule has 0 aliphatic heterocycles. The van der Waals surface area contributed by atoms with Gasteiger partial charge in [0, 0.05) is 23.4 Å². The van der Waals surface area contributed by atoms with Gasteiger partial charge in [0.15, 0.2) is 0 Å². The van der Waals surface area contributed by atoms with E-state index in [0.29, 0.717) is 29.3 Å². The van der Waals surface area contributed by atoms with Gasteiger partial charge >= 0.3 is 0 Å². The number of nitrogens with one attached hydrogen (secondary N) is 2. The van der Waals surface area contributed by atoms with E-state index in [0.717, 1.165) is 0 Å². The van der Waals surface area contributed by atoms with Crippen LogP contribution in [0.4, 0.5) is 5.69 Å². The molecule has 23 heavy (non-hydrogen) atoms. The fraction of sp³-hybridized carbons (Fsp3) is 0.263. The Hall–Kier alpha value is -2.62. The summed E-state index contributed by atoms with van der Waals surface area (Å²) in [5.41, 5.74) is 3.05. The van der Waals surface area contributed by atoms with Crippen LogP contribution in [0, 0.1) is 0 Å². The van der Waals surface area contributed by atoms with Crippen molar-refractivity contribution in [3.05, 3.63) is 65.2 Å². The summed E-state index contributed by atoms with van der Waals surface area (Å²) < 4.78 is 0. The van der Waals surface area contributed by atoms with Crippen LogP contribution < -0.4 is 10.6 Å². The lowest BCUT2D eigenvalue weighted by atomic mass is 10.0. The van der Waals surface area contributed by atoms with Crippen molar-refractivity contribution >= 4 is 17.5 Å². The van der Waals surface area contributed by atoms with Crippen LogP contribution >= 0.6 is 0 Å². The smallest absolute Gasteiger partial charge is 0.255 e. The van der Waals surface area contributed by atoms with Gasteiger partial charge in [-0.25, -0.2) is 0 Å². The monoisotopic (exact) mass is 310 g/mol. The van der Waals surface area contributed by atoms with Crippen molar-refractivity contribution in [2.24, 2.45) is 0 Å². The first-order valence-electron chi connectivity index (χ1n) is 7.81. The van der Waals surface area contributed by atoms with Crippen LogP contribution in [0.25, 0.3) is 0 Å². The summed E-state index contributed by atoms with van der Waals surface area (Å²) in [6, 6.07) is 14.4. The maximum atomic E-state index is 12.2. The molecule has 2 aromatic carbocycles. The molecule has 4 heteroatoms. The van der Waals surface area contributed by atoms with Crippen molar-refractivity contribution in [2.45, 2.75) is 26.7 Å². The molecule has 0 aromatic heterocycles. The molecule has 2 aromatic rings. The lowest BCUT2D eigenvalue weighted by Gasteiger charge is -2.09. The van der Waals surface area contributed by atoms with Crippen molar-refractivity contribution in [3.8, 4) is 0 Å². The number of anilines is 1. The molecule has 2 amide bonds. The Balaban J connectivity index is 2.03. The molecule has 0 aliphatic carbocycles. The number of carbonyl (C=O) groups is 2. The Morgan fingerprint density at radius 1 is 0.870 bits per heavy atom. The Labute approximate surface area is 136 Å². The van der Waals surface area contributed by atoms with Crippen LogP contribution in [0.15, 0.2) is 48.5 Å². The molecule has 0 bridgehead atoms. The fourth-order valence-electron chi connectivity index (χ4n) is 2.19. The third-order valence-corrected chi connectivity index (χ3v) is 3.58. The molecular formula is C19H22N2O2. The zero-order chi connectivity index (χ0) is 16.8. The zero-order valence-electron chi connectivity index (χ0n) is 13.7. The van der Waals surface area contributed by atoms with Crippen LogP contribution in [0.1, 0.15) is 53.0 Å². The van der Waals surface area contributed by atoms with Gasteiger partial charge in [0.05, 0.1) is 0 Å². The lowest BCUT2D eigenvalue weighted by Crippen LogP contribution is -2.22. The number of benzene rings is 2. The van der Waals surface area contributed by atoms with E-state index in [2.05, 4.69) is 24.5 Å². The quantitative estimate of drug-likeness (QED) is 0.882. The van der Waals surface area contributed by atoms with Gasteiger partial charge in [0.25, 0.3) is 11.8 Å². The third kappa shape index (κ3) is 4.42. The number of amides is 2. The second-order valence-electron chi connectivity index (χ2n) is 5.67. The molecule has 0 aliphatic rings. The second kappa shape index (κ2) is 7.58. The maximum absolute atomic E-state index is 12.2. The Kier molecular flexibility index (Phi) is 5.52. The van der Waals surface area contributed by atoms with Gasteiger partial charge in [-0.3, -0.25) is 9.59 Å². The number of hydrogen-bond acceptors (Lipinski definition) is 2. The molecule has 2 rings (SSSR count). The SMILES string of the molecule is CCNC(=O)c1ccc(NC(=O)c2ccc(C(C)C)cc2)cc1. The average molecular weight is 310 g/mol. The van der Waals surface area contributed by atoms with Gasteiger partial charge in [-0.2, -0.15) is 0 Å². The van der Waals surface area contributed by atoms with Gasteiger partial charge in [-0.05, 0) is 54.8 Å². The molecule has 0 radical (unpaired) electrons. The Morgan fingerprint density at radius 2 is 1.39 bits per heavy atom. The van der Waals surface area contributed by atoms with Gasteiger partial charge < -0.3 is 10.6 Å². The van der Waals surface area contributed by atoms with Crippen molar-refractivity contribution in [3.63, 3.8) is 0 Å². The van der Waals surface area contributed by atoms with Gasteiger partial charge in [0.1, 0.15) is 0 Å². The van der Waals surface area contributed by atoms with E-state index >= 15 is 0 Å². The zero-order valence-corrected chi connectivity index (χ0v) is 13.7. The highest BCUT2D eigenvalue weighted by molar-refractivity contribution is 6.04. The first kappa shape index (κ1) is 16.7. The second-order valence-corrected chi connectivity index (χ2v) is 5.67. The molecule has 120 valence electrons. The predicted molar refractivity (Wildman–Crippen MR) is 92.9 cm³/mol. The molecule has 4 nitrogen and oxygen atoms in total. The van der Waals surface area contributed by atoms with Gasteiger partial charge in [-0.1, -0.05) is 26.0 Å². The molecule has 0 heterocycles. The van der Waals surface area contributed by atoms with E-state index < -0.39 is 0 Å². The highest BCUT2D eigenvalue weighted by atomic mass is 16.2. The minimum Gasteiger partial charge on any atom is -0.352 e. The fourth-order valence-corrected chi connectivity index (χ4v) is 2.19. The highest BCUT2D eigenvalue weighted by Crippen LogP contribution is 2.16. The Morgan fingerprint density at radius 3 is 1.91 bits per heavy atom. The van der Waals surface area contributed by atoms with Crippen LogP contribution in [0.5, 0.6) is 0 Å². The largest absolute Gasteiger partial charge is 0.352 e. The third-order valence-electron chi connectivity index (χ3n) is 3.58. The first-order chi connectivity index (χ1) is 11.0. The first-order valence-corrected chi connectivity index (χ1v) is 7.81. The van der Waals surface area contributed by atoms with Crippen molar-refractivity contribution in [1.29, 1.82) is 0 Å². The number of rotatable bonds is 5. The topological polar surface area (TPSA) is 58.2 Å². The summed E-state index contributed by atoms with van der Waals surface area (Å²) in [5, 5.41) is 5.57. The van der Waals surface area contributed by atoms with E-state index in [9.17, 15) is 9.59 Å². The molecule has 0 saturated heterocycles. The van der Waals surface area contributed by atoms with Crippen molar-refractivity contribution in [1.82, 2.24) is 5.32 Å². The summed E-state index contributed by atoms with van der Waals surface area (Å²) in [7, 11) is 0. The average Bonchev–Trinajstić information content (AvgIpc) is 2.55. The predicted octanol–water partition coefficient (Wildman–Crippen LogP) is 3.81. The van der Waals surface area contributed by atoms with E-state index in [1.54, 1.807) is 24.3 Å². The summed E-state index contributed by atoms with van der Waals surface area (Å²) in [4.78, 5) is 23.9. The van der Waals surface area contributed by atoms with Crippen LogP contribution in [0.2, 0.25) is 0 Å². The van der Waals surface area contributed by atoms with Gasteiger partial charge in [-0.15, -0.1) is 0 Å². The van der Waals surface area contributed by atoms with Crippen molar-refractivity contribution in [2.75, 3.05) is 11.9 Å². The van der Waals surface area contributed by atoms with Crippen molar-refractivity contribution < 1.29 is 9.59 Å². The van der Waals surface area contributed by atoms with E-state index in [1.165, 1.54) is 5.56 Å². The van der Waals surface area contributed by atoms with Crippen LogP contribution in [0.3, 0.4) is 0 Å². The minimum atomic E-state index is -0.161. The molecule has 0 atom stereocenters. The van der Waals surface area contributed by atoms with Crippen LogP contribution in [-0.2, 0) is 0 Å². The lowest BCUT2D eigenvalue weighted by molar-refractivity contribution is 0.0955. The maximum Gasteiger partial charge on any atom is 0.255 e. The summed E-state index contributed by atoms with van der Waals surface area (Å²) in [6.07, 6.45) is 0. The number of carbonyl (C=O) groups excluding carboxylic acids is 2. The standard InChI is InChI=1S/C19H22N2O2/c1-4-20-18(22)15-9-11-17(12-10-15)21-19(23)16-7-5-14(6-8-16)13(2)3/h5-13H,4H2,1-3H3,(H,20,22)(H,21,23). The van der Waals surface area contributed by atoms with E-state index in [1.807, 2.05) is 31.2 Å². The normalized spacial score (nSPS) is 10.4. The Bertz CT molecular complexity index is 674. The molecular weight excluding hydrogens is 288 g/mol. The molecule has 2 N–H and O–H groups in total. The highest BCUT2D eigenvalue weighted by Gasteiger charge is 2.08. The van der Waals surface area contributed by atoms with E-state index in [-0.39, 0.29) is 11.8 Å². The molecule has 0 unspecified atom stereocenters. The summed E-state index contributed by atoms with van der Waals surface area (Å²) in [5.74, 6) is 0.162.